The summed E-state index contributed by atoms with van der Waals surface area (Å²) >= 11 is 6.16. The zero-order valence-corrected chi connectivity index (χ0v) is 14.2. The minimum atomic E-state index is 0.156. The summed E-state index contributed by atoms with van der Waals surface area (Å²) in [6.07, 6.45) is 2.12. The fourth-order valence-electron chi connectivity index (χ4n) is 3.37. The molecule has 2 unspecified atom stereocenters. The number of halogens is 1. The van der Waals surface area contributed by atoms with Gasteiger partial charge >= 0.3 is 0 Å². The van der Waals surface area contributed by atoms with Gasteiger partial charge in [-0.1, -0.05) is 25.4 Å². The SMILES string of the molecule is CCN(CC)C1CCN(c2ccc(Cl)cc2CC(C)N)C1. The highest BCUT2D eigenvalue weighted by atomic mass is 35.5. The summed E-state index contributed by atoms with van der Waals surface area (Å²) in [6.45, 7) is 11.0. The van der Waals surface area contributed by atoms with Crippen LogP contribution in [-0.2, 0) is 6.42 Å². The molecule has 0 aromatic heterocycles. The first kappa shape index (κ1) is 16.6. The highest BCUT2D eigenvalue weighted by Gasteiger charge is 2.27. The number of rotatable bonds is 6. The Morgan fingerprint density at radius 1 is 1.38 bits per heavy atom. The van der Waals surface area contributed by atoms with Crippen LogP contribution in [0.4, 0.5) is 5.69 Å². The van der Waals surface area contributed by atoms with E-state index in [1.165, 1.54) is 17.7 Å². The summed E-state index contributed by atoms with van der Waals surface area (Å²) in [4.78, 5) is 5.05. The second-order valence-corrected chi connectivity index (χ2v) is 6.50. The zero-order chi connectivity index (χ0) is 15.4. The fraction of sp³-hybridized carbons (Fsp3) is 0.647. The number of hydrogen-bond donors (Lipinski definition) is 1. The lowest BCUT2D eigenvalue weighted by atomic mass is 10.0. The van der Waals surface area contributed by atoms with Crippen LogP contribution in [0.3, 0.4) is 0 Å². The van der Waals surface area contributed by atoms with Crippen LogP contribution in [0.25, 0.3) is 0 Å². The summed E-state index contributed by atoms with van der Waals surface area (Å²) in [7, 11) is 0. The van der Waals surface area contributed by atoms with Crippen molar-refractivity contribution in [3.05, 3.63) is 28.8 Å². The molecule has 2 N–H and O–H groups in total. The second kappa shape index (κ2) is 7.48. The van der Waals surface area contributed by atoms with Crippen molar-refractivity contribution in [2.24, 2.45) is 5.73 Å². The predicted molar refractivity (Wildman–Crippen MR) is 92.3 cm³/mol. The Hall–Kier alpha value is -0.770. The van der Waals surface area contributed by atoms with Crippen LogP contribution in [-0.4, -0.2) is 43.2 Å². The van der Waals surface area contributed by atoms with E-state index in [1.54, 1.807) is 0 Å². The Balaban J connectivity index is 2.15. The molecule has 2 rings (SSSR count). The van der Waals surface area contributed by atoms with E-state index in [0.29, 0.717) is 6.04 Å². The van der Waals surface area contributed by atoms with E-state index in [1.807, 2.05) is 13.0 Å². The molecule has 1 aromatic rings. The number of nitrogens with zero attached hydrogens (tertiary/aromatic N) is 2. The smallest absolute Gasteiger partial charge is 0.0410 e. The molecule has 4 heteroatoms. The Morgan fingerprint density at radius 3 is 2.71 bits per heavy atom. The Bertz CT molecular complexity index is 457. The minimum absolute atomic E-state index is 0.156. The molecule has 1 heterocycles. The van der Waals surface area contributed by atoms with E-state index in [9.17, 15) is 0 Å². The van der Waals surface area contributed by atoms with Crippen molar-refractivity contribution in [2.75, 3.05) is 31.1 Å². The minimum Gasteiger partial charge on any atom is -0.370 e. The van der Waals surface area contributed by atoms with Crippen LogP contribution in [0.5, 0.6) is 0 Å². The molecule has 0 spiro atoms. The maximum atomic E-state index is 6.16. The zero-order valence-electron chi connectivity index (χ0n) is 13.5. The fourth-order valence-corrected chi connectivity index (χ4v) is 3.57. The second-order valence-electron chi connectivity index (χ2n) is 6.06. The highest BCUT2D eigenvalue weighted by molar-refractivity contribution is 6.30. The van der Waals surface area contributed by atoms with Crippen LogP contribution >= 0.6 is 11.6 Å². The first-order valence-corrected chi connectivity index (χ1v) is 8.45. The van der Waals surface area contributed by atoms with Crippen molar-refractivity contribution in [3.63, 3.8) is 0 Å². The van der Waals surface area contributed by atoms with Gasteiger partial charge in [-0.15, -0.1) is 0 Å². The summed E-state index contributed by atoms with van der Waals surface area (Å²) in [5.74, 6) is 0. The van der Waals surface area contributed by atoms with Crippen LogP contribution in [0.15, 0.2) is 18.2 Å². The highest BCUT2D eigenvalue weighted by Crippen LogP contribution is 2.29. The van der Waals surface area contributed by atoms with Crippen LogP contribution in [0.2, 0.25) is 5.02 Å². The van der Waals surface area contributed by atoms with Crippen LogP contribution < -0.4 is 10.6 Å². The third-order valence-corrected chi connectivity index (χ3v) is 4.65. The van der Waals surface area contributed by atoms with E-state index in [2.05, 4.69) is 35.8 Å². The standard InChI is InChI=1S/C17H28ClN3/c1-4-20(5-2)16-8-9-21(12-16)17-7-6-15(18)11-14(17)10-13(3)19/h6-7,11,13,16H,4-5,8-10,12,19H2,1-3H3. The molecular weight excluding hydrogens is 282 g/mol. The van der Waals surface area contributed by atoms with Gasteiger partial charge in [0.05, 0.1) is 0 Å². The maximum Gasteiger partial charge on any atom is 0.0410 e. The number of likely N-dealkylation sites (N-methyl/N-ethyl adjacent to an activating group) is 1. The molecule has 1 fully saturated rings. The van der Waals surface area contributed by atoms with Gasteiger partial charge in [-0.2, -0.15) is 0 Å². The average Bonchev–Trinajstić information content (AvgIpc) is 2.89. The van der Waals surface area contributed by atoms with Crippen molar-refractivity contribution in [2.45, 2.75) is 45.7 Å². The number of nitrogens with two attached hydrogens (primary N) is 1. The van der Waals surface area contributed by atoms with Gasteiger partial charge in [0.1, 0.15) is 0 Å². The monoisotopic (exact) mass is 309 g/mol. The molecule has 21 heavy (non-hydrogen) atoms. The van der Waals surface area contributed by atoms with Gasteiger partial charge in [-0.3, -0.25) is 4.90 Å². The average molecular weight is 310 g/mol. The van der Waals surface area contributed by atoms with Gasteiger partial charge in [0.2, 0.25) is 0 Å². The molecule has 0 aliphatic carbocycles. The Morgan fingerprint density at radius 2 is 2.10 bits per heavy atom. The van der Waals surface area contributed by atoms with Crippen molar-refractivity contribution in [1.29, 1.82) is 0 Å². The van der Waals surface area contributed by atoms with Gasteiger partial charge in [0.15, 0.2) is 0 Å². The lowest BCUT2D eigenvalue weighted by Crippen LogP contribution is -2.37. The molecule has 0 bridgehead atoms. The van der Waals surface area contributed by atoms with Gasteiger partial charge < -0.3 is 10.6 Å². The third kappa shape index (κ3) is 4.12. The van der Waals surface area contributed by atoms with Crippen molar-refractivity contribution in [1.82, 2.24) is 4.90 Å². The van der Waals surface area contributed by atoms with Crippen molar-refractivity contribution >= 4 is 17.3 Å². The quantitative estimate of drug-likeness (QED) is 0.876. The molecule has 0 saturated carbocycles. The summed E-state index contributed by atoms with van der Waals surface area (Å²) < 4.78 is 0. The number of anilines is 1. The molecular formula is C17H28ClN3. The maximum absolute atomic E-state index is 6.16. The molecule has 1 saturated heterocycles. The largest absolute Gasteiger partial charge is 0.370 e. The van der Waals surface area contributed by atoms with Crippen LogP contribution in [0.1, 0.15) is 32.8 Å². The predicted octanol–water partition coefficient (Wildman–Crippen LogP) is 3.15. The normalized spacial score (nSPS) is 20.3. The molecule has 118 valence electrons. The summed E-state index contributed by atoms with van der Waals surface area (Å²) in [5, 5.41) is 0.800. The molecule has 0 radical (unpaired) electrons. The molecule has 1 aliphatic heterocycles. The molecule has 3 nitrogen and oxygen atoms in total. The van der Waals surface area contributed by atoms with Crippen LogP contribution in [0, 0.1) is 0 Å². The van der Waals surface area contributed by atoms with Gasteiger partial charge in [0.25, 0.3) is 0 Å². The number of hydrogen-bond acceptors (Lipinski definition) is 3. The molecule has 0 amide bonds. The van der Waals surface area contributed by atoms with E-state index >= 15 is 0 Å². The van der Waals surface area contributed by atoms with Gasteiger partial charge in [-0.05, 0) is 56.6 Å². The van der Waals surface area contributed by atoms with Gasteiger partial charge in [0, 0.05) is 35.9 Å². The van der Waals surface area contributed by atoms with E-state index in [-0.39, 0.29) is 6.04 Å². The van der Waals surface area contributed by atoms with Crippen molar-refractivity contribution in [3.8, 4) is 0 Å². The third-order valence-electron chi connectivity index (χ3n) is 4.42. The van der Waals surface area contributed by atoms with E-state index < -0.39 is 0 Å². The Kier molecular flexibility index (Phi) is 5.91. The Labute approximate surface area is 134 Å². The lowest BCUT2D eigenvalue weighted by molar-refractivity contribution is 0.232. The van der Waals surface area contributed by atoms with E-state index in [0.717, 1.165) is 37.6 Å². The molecule has 2 atom stereocenters. The van der Waals surface area contributed by atoms with E-state index in [4.69, 9.17) is 17.3 Å². The first-order valence-electron chi connectivity index (χ1n) is 8.08. The van der Waals surface area contributed by atoms with Crippen molar-refractivity contribution < 1.29 is 0 Å². The molecule has 1 aliphatic rings. The number of benzene rings is 1. The molecule has 1 aromatic carbocycles. The summed E-state index contributed by atoms with van der Waals surface area (Å²) in [5.41, 5.74) is 8.58. The topological polar surface area (TPSA) is 32.5 Å². The first-order chi connectivity index (χ1) is 10.0. The van der Waals surface area contributed by atoms with Gasteiger partial charge in [-0.25, -0.2) is 0 Å². The summed E-state index contributed by atoms with van der Waals surface area (Å²) in [6, 6.07) is 7.05. The lowest BCUT2D eigenvalue weighted by Gasteiger charge is -2.27.